The van der Waals surface area contributed by atoms with Crippen LogP contribution in [0, 0.1) is 5.92 Å². The molecule has 29 heavy (non-hydrogen) atoms. The molecule has 1 aromatic carbocycles. The van der Waals surface area contributed by atoms with Gasteiger partial charge in [0, 0.05) is 12.3 Å². The van der Waals surface area contributed by atoms with Crippen molar-refractivity contribution >= 4 is 15.7 Å². The van der Waals surface area contributed by atoms with Gasteiger partial charge in [0.1, 0.15) is 11.4 Å². The van der Waals surface area contributed by atoms with Crippen molar-refractivity contribution in [1.29, 1.82) is 0 Å². The highest BCUT2D eigenvalue weighted by Crippen LogP contribution is 2.27. The van der Waals surface area contributed by atoms with Crippen molar-refractivity contribution in [3.63, 3.8) is 0 Å². The van der Waals surface area contributed by atoms with Gasteiger partial charge in [0.05, 0.1) is 6.04 Å². The Morgan fingerprint density at radius 3 is 2.28 bits per heavy atom. The van der Waals surface area contributed by atoms with Crippen molar-refractivity contribution < 1.29 is 31.1 Å². The Labute approximate surface area is 164 Å². The minimum absolute atomic E-state index is 0.190. The van der Waals surface area contributed by atoms with Gasteiger partial charge in [-0.1, -0.05) is 26.0 Å². The van der Waals surface area contributed by atoms with E-state index in [1.807, 2.05) is 4.98 Å². The summed E-state index contributed by atoms with van der Waals surface area (Å²) in [6.45, 7) is 3.52. The number of rotatable bonds is 6. The fraction of sp³-hybridized carbons (Fsp3) is 0.353. The number of aromatic nitrogens is 2. The summed E-state index contributed by atoms with van der Waals surface area (Å²) >= 11 is 0. The summed E-state index contributed by atoms with van der Waals surface area (Å²) in [6.07, 6.45) is -4.00. The van der Waals surface area contributed by atoms with Crippen molar-refractivity contribution in [1.82, 2.24) is 15.3 Å². The van der Waals surface area contributed by atoms with Crippen LogP contribution in [0.4, 0.5) is 13.2 Å². The smallest absolute Gasteiger partial charge is 0.406 e. The SMILES string of the molecule is CC(C)[C@@H](NC(=O)c1cc(=O)[nH]c(S(C)(=O)=O)n1)c1ccc(OC(F)(F)F)cc1. The average molecular weight is 433 g/mol. The molecule has 0 bridgehead atoms. The Balaban J connectivity index is 2.28. The molecule has 0 saturated carbocycles. The van der Waals surface area contributed by atoms with Gasteiger partial charge in [-0.25, -0.2) is 13.4 Å². The van der Waals surface area contributed by atoms with Gasteiger partial charge in [-0.3, -0.25) is 14.6 Å². The third-order valence-electron chi connectivity index (χ3n) is 3.73. The molecule has 1 amide bonds. The summed E-state index contributed by atoms with van der Waals surface area (Å²) in [5.74, 6) is -1.41. The van der Waals surface area contributed by atoms with Gasteiger partial charge < -0.3 is 10.1 Å². The van der Waals surface area contributed by atoms with Gasteiger partial charge in [0.15, 0.2) is 0 Å². The first kappa shape index (κ1) is 22.4. The van der Waals surface area contributed by atoms with E-state index >= 15 is 0 Å². The number of ether oxygens (including phenoxy) is 1. The molecule has 1 atom stereocenters. The van der Waals surface area contributed by atoms with Gasteiger partial charge in [-0.15, -0.1) is 13.2 Å². The fourth-order valence-corrected chi connectivity index (χ4v) is 3.00. The van der Waals surface area contributed by atoms with Crippen LogP contribution in [0.1, 0.15) is 35.9 Å². The Hall–Kier alpha value is -2.89. The Bertz CT molecular complexity index is 1050. The lowest BCUT2D eigenvalue weighted by atomic mass is 9.96. The molecule has 12 heteroatoms. The number of carbonyl (C=O) groups excluding carboxylic acids is 1. The number of nitrogens with one attached hydrogen (secondary N) is 2. The van der Waals surface area contributed by atoms with Gasteiger partial charge >= 0.3 is 6.36 Å². The summed E-state index contributed by atoms with van der Waals surface area (Å²) in [4.78, 5) is 29.9. The molecule has 2 N–H and O–H groups in total. The summed E-state index contributed by atoms with van der Waals surface area (Å²) in [5.41, 5.74) is -0.742. The second-order valence-electron chi connectivity index (χ2n) is 6.52. The van der Waals surface area contributed by atoms with Crippen LogP contribution in [-0.4, -0.2) is 36.9 Å². The molecule has 2 rings (SSSR count). The molecule has 0 aliphatic rings. The topological polar surface area (TPSA) is 118 Å². The molecular weight excluding hydrogens is 415 g/mol. The number of nitrogens with zero attached hydrogens (tertiary/aromatic N) is 1. The van der Waals surface area contributed by atoms with E-state index in [1.54, 1.807) is 13.8 Å². The number of H-pyrrole nitrogens is 1. The zero-order valence-corrected chi connectivity index (χ0v) is 16.4. The van der Waals surface area contributed by atoms with E-state index in [-0.39, 0.29) is 5.92 Å². The monoisotopic (exact) mass is 433 g/mol. The number of halogens is 3. The standard InChI is InChI=1S/C17H18F3N3O5S/c1-9(2)14(10-4-6-11(7-5-10)28-17(18,19)20)23-15(25)12-8-13(24)22-16(21-12)29(3,26)27/h4-9,14H,1-3H3,(H,23,25)(H,21,22,24)/t14-/m1/s1. The molecule has 1 aromatic heterocycles. The normalized spacial score (nSPS) is 13.2. The van der Waals surface area contributed by atoms with E-state index in [2.05, 4.69) is 15.0 Å². The summed E-state index contributed by atoms with van der Waals surface area (Å²) in [5, 5.41) is 1.96. The molecule has 0 radical (unpaired) electrons. The highest BCUT2D eigenvalue weighted by atomic mass is 32.2. The zero-order valence-electron chi connectivity index (χ0n) is 15.6. The summed E-state index contributed by atoms with van der Waals surface area (Å²) in [7, 11) is -3.85. The van der Waals surface area contributed by atoms with Crippen molar-refractivity contribution in [3.05, 3.63) is 51.9 Å². The lowest BCUT2D eigenvalue weighted by molar-refractivity contribution is -0.274. The predicted molar refractivity (Wildman–Crippen MR) is 96.1 cm³/mol. The number of hydrogen-bond donors (Lipinski definition) is 2. The number of carbonyl (C=O) groups is 1. The molecule has 1 heterocycles. The molecular formula is C17H18F3N3O5S. The second kappa shape index (κ2) is 8.23. The summed E-state index contributed by atoms with van der Waals surface area (Å²) < 4.78 is 63.8. The molecule has 8 nitrogen and oxygen atoms in total. The lowest BCUT2D eigenvalue weighted by Gasteiger charge is -2.23. The maximum atomic E-state index is 12.5. The van der Waals surface area contributed by atoms with Crippen LogP contribution in [0.2, 0.25) is 0 Å². The molecule has 0 aliphatic heterocycles. The number of amides is 1. The Morgan fingerprint density at radius 2 is 1.79 bits per heavy atom. The van der Waals surface area contributed by atoms with Crippen LogP contribution in [0.25, 0.3) is 0 Å². The maximum Gasteiger partial charge on any atom is 0.573 e. The number of benzene rings is 1. The van der Waals surface area contributed by atoms with Crippen LogP contribution in [-0.2, 0) is 9.84 Å². The van der Waals surface area contributed by atoms with Crippen LogP contribution in [0.5, 0.6) is 5.75 Å². The number of alkyl halides is 3. The van der Waals surface area contributed by atoms with Gasteiger partial charge in [0.25, 0.3) is 11.5 Å². The van der Waals surface area contributed by atoms with E-state index in [0.717, 1.165) is 24.5 Å². The minimum atomic E-state index is -4.82. The van der Waals surface area contributed by atoms with E-state index in [4.69, 9.17) is 0 Å². The van der Waals surface area contributed by atoms with Crippen LogP contribution in [0.3, 0.4) is 0 Å². The highest BCUT2D eigenvalue weighted by molar-refractivity contribution is 7.90. The minimum Gasteiger partial charge on any atom is -0.406 e. The van der Waals surface area contributed by atoms with Crippen molar-refractivity contribution in [2.24, 2.45) is 5.92 Å². The van der Waals surface area contributed by atoms with Crippen LogP contribution < -0.4 is 15.6 Å². The first-order valence-corrected chi connectivity index (χ1v) is 10.1. The van der Waals surface area contributed by atoms with Crippen molar-refractivity contribution in [3.8, 4) is 5.75 Å². The summed E-state index contributed by atoms with van der Waals surface area (Å²) in [6, 6.07) is 5.14. The van der Waals surface area contributed by atoms with Crippen LogP contribution >= 0.6 is 0 Å². The molecule has 158 valence electrons. The van der Waals surface area contributed by atoms with E-state index < -0.39 is 50.3 Å². The number of hydrogen-bond acceptors (Lipinski definition) is 6. The average Bonchev–Trinajstić information content (AvgIpc) is 2.57. The van der Waals surface area contributed by atoms with Gasteiger partial charge in [-0.2, -0.15) is 0 Å². The molecule has 0 saturated heterocycles. The molecule has 0 spiro atoms. The second-order valence-corrected chi connectivity index (χ2v) is 8.45. The van der Waals surface area contributed by atoms with Gasteiger partial charge in [-0.05, 0) is 23.6 Å². The lowest BCUT2D eigenvalue weighted by Crippen LogP contribution is -2.33. The van der Waals surface area contributed by atoms with E-state index in [1.165, 1.54) is 12.1 Å². The first-order valence-electron chi connectivity index (χ1n) is 8.24. The molecule has 0 unspecified atom stereocenters. The first-order chi connectivity index (χ1) is 13.3. The van der Waals surface area contributed by atoms with E-state index in [0.29, 0.717) is 5.56 Å². The van der Waals surface area contributed by atoms with Crippen molar-refractivity contribution in [2.45, 2.75) is 31.4 Å². The number of sulfone groups is 1. The quantitative estimate of drug-likeness (QED) is 0.675. The Morgan fingerprint density at radius 1 is 1.21 bits per heavy atom. The molecule has 0 aliphatic carbocycles. The molecule has 2 aromatic rings. The Kier molecular flexibility index (Phi) is 6.36. The zero-order chi connectivity index (χ0) is 22.0. The fourth-order valence-electron chi connectivity index (χ4n) is 2.45. The van der Waals surface area contributed by atoms with Gasteiger partial charge in [0.2, 0.25) is 15.0 Å². The predicted octanol–water partition coefficient (Wildman–Crippen LogP) is 2.20. The third kappa shape index (κ3) is 6.31. The maximum absolute atomic E-state index is 12.5. The third-order valence-corrected chi connectivity index (χ3v) is 4.63. The largest absolute Gasteiger partial charge is 0.573 e. The van der Waals surface area contributed by atoms with Crippen LogP contribution in [0.15, 0.2) is 40.3 Å². The highest BCUT2D eigenvalue weighted by Gasteiger charge is 2.31. The molecule has 0 fully saturated rings. The van der Waals surface area contributed by atoms with E-state index in [9.17, 15) is 31.2 Å². The number of aromatic amines is 1. The van der Waals surface area contributed by atoms with Crippen molar-refractivity contribution in [2.75, 3.05) is 6.26 Å².